The Labute approximate surface area is 154 Å². The summed E-state index contributed by atoms with van der Waals surface area (Å²) >= 11 is 7.41. The van der Waals surface area contributed by atoms with Gasteiger partial charge in [-0.1, -0.05) is 35.9 Å². The molecule has 0 radical (unpaired) electrons. The molecule has 0 aromatic heterocycles. The van der Waals surface area contributed by atoms with Crippen LogP contribution in [0.2, 0.25) is 5.02 Å². The lowest BCUT2D eigenvalue weighted by Gasteiger charge is -2.09. The van der Waals surface area contributed by atoms with Crippen LogP contribution in [0.1, 0.15) is 5.56 Å². The van der Waals surface area contributed by atoms with E-state index in [-0.39, 0.29) is 11.6 Å². The van der Waals surface area contributed by atoms with Crippen molar-refractivity contribution in [1.29, 1.82) is 0 Å². The van der Waals surface area contributed by atoms with Gasteiger partial charge in [-0.3, -0.25) is 14.9 Å². The molecule has 2 aromatic carbocycles. The Bertz CT molecular complexity index is 725. The van der Waals surface area contributed by atoms with Gasteiger partial charge in [0.05, 0.1) is 22.2 Å². The molecule has 1 N–H and O–H groups in total. The summed E-state index contributed by atoms with van der Waals surface area (Å²) in [5.41, 5.74) is 0.996. The molecule has 1 amide bonds. The first-order valence-corrected chi connectivity index (χ1v) is 9.04. The minimum absolute atomic E-state index is 0.0602. The summed E-state index contributed by atoms with van der Waals surface area (Å²) in [5.74, 6) is 1.42. The second-order valence-corrected chi connectivity index (χ2v) is 6.44. The molecule has 0 saturated heterocycles. The molecule has 132 valence electrons. The number of hydrogen-bond acceptors (Lipinski definition) is 5. The minimum atomic E-state index is -0.435. The quantitative estimate of drug-likeness (QED) is 0.407. The third kappa shape index (κ3) is 6.64. The van der Waals surface area contributed by atoms with Crippen molar-refractivity contribution >= 4 is 35.0 Å². The van der Waals surface area contributed by atoms with Crippen LogP contribution in [0.15, 0.2) is 48.5 Å². The first-order valence-electron chi connectivity index (χ1n) is 7.51. The Morgan fingerprint density at radius 3 is 2.60 bits per heavy atom. The summed E-state index contributed by atoms with van der Waals surface area (Å²) in [6.45, 7) is 0.727. The topological polar surface area (TPSA) is 81.5 Å². The van der Waals surface area contributed by atoms with Crippen LogP contribution in [0.5, 0.6) is 5.75 Å². The van der Waals surface area contributed by atoms with E-state index in [1.807, 2.05) is 12.1 Å². The molecule has 8 heteroatoms. The maximum Gasteiger partial charge on any atom is 0.269 e. The number of ether oxygens (including phenoxy) is 1. The zero-order valence-corrected chi connectivity index (χ0v) is 14.9. The van der Waals surface area contributed by atoms with Gasteiger partial charge in [0, 0.05) is 17.9 Å². The lowest BCUT2D eigenvalue weighted by Crippen LogP contribution is -2.29. The van der Waals surface area contributed by atoms with E-state index in [4.69, 9.17) is 16.3 Å². The normalized spacial score (nSPS) is 10.3. The van der Waals surface area contributed by atoms with E-state index in [2.05, 4.69) is 5.32 Å². The molecule has 0 unspecified atom stereocenters. The Morgan fingerprint density at radius 1 is 1.20 bits per heavy atom. The fraction of sp³-hybridized carbons (Fsp3) is 0.235. The number of para-hydroxylation sites is 1. The third-order valence-corrected chi connectivity index (χ3v) is 4.48. The van der Waals surface area contributed by atoms with Crippen molar-refractivity contribution in [3.8, 4) is 5.75 Å². The Morgan fingerprint density at radius 2 is 1.92 bits per heavy atom. The third-order valence-electron chi connectivity index (χ3n) is 3.17. The maximum absolute atomic E-state index is 11.8. The molecule has 0 aliphatic heterocycles. The summed E-state index contributed by atoms with van der Waals surface area (Å²) in [7, 11) is 0. The highest BCUT2D eigenvalue weighted by Crippen LogP contribution is 2.22. The molecule has 0 fully saturated rings. The first-order chi connectivity index (χ1) is 12.1. The van der Waals surface area contributed by atoms with E-state index in [9.17, 15) is 14.9 Å². The van der Waals surface area contributed by atoms with E-state index >= 15 is 0 Å². The lowest BCUT2D eigenvalue weighted by molar-refractivity contribution is -0.384. The Kier molecular flexibility index (Phi) is 7.56. The molecule has 0 saturated carbocycles. The van der Waals surface area contributed by atoms with Gasteiger partial charge in [-0.2, -0.15) is 0 Å². The molecule has 0 aliphatic rings. The number of benzene rings is 2. The van der Waals surface area contributed by atoms with Crippen molar-refractivity contribution in [2.24, 2.45) is 0 Å². The van der Waals surface area contributed by atoms with Gasteiger partial charge < -0.3 is 10.1 Å². The molecule has 0 atom stereocenters. The highest BCUT2D eigenvalue weighted by Gasteiger charge is 2.06. The number of halogens is 1. The number of carbonyl (C=O) groups is 1. The number of carbonyl (C=O) groups excluding carboxylic acids is 1. The molecule has 2 aromatic rings. The minimum Gasteiger partial charge on any atom is -0.490 e. The second kappa shape index (κ2) is 9.90. The van der Waals surface area contributed by atoms with Gasteiger partial charge in [0.15, 0.2) is 0 Å². The fourth-order valence-electron chi connectivity index (χ4n) is 1.94. The Hall–Kier alpha value is -2.25. The number of nitrogens with one attached hydrogen (secondary N) is 1. The van der Waals surface area contributed by atoms with Gasteiger partial charge >= 0.3 is 0 Å². The molecule has 0 heterocycles. The average Bonchev–Trinajstić information content (AvgIpc) is 2.60. The second-order valence-electron chi connectivity index (χ2n) is 5.05. The number of non-ortho nitro benzene ring substituents is 1. The van der Waals surface area contributed by atoms with Gasteiger partial charge in [-0.15, -0.1) is 11.8 Å². The lowest BCUT2D eigenvalue weighted by atomic mass is 10.2. The zero-order chi connectivity index (χ0) is 18.1. The van der Waals surface area contributed by atoms with Gasteiger partial charge in [0.2, 0.25) is 5.91 Å². The summed E-state index contributed by atoms with van der Waals surface area (Å²) in [5, 5.41) is 13.9. The molecular formula is C17H17ClN2O4S. The molecular weight excluding hydrogens is 364 g/mol. The number of nitrogens with zero attached hydrogens (tertiary/aromatic N) is 1. The highest BCUT2D eigenvalue weighted by molar-refractivity contribution is 7.99. The zero-order valence-electron chi connectivity index (χ0n) is 13.3. The monoisotopic (exact) mass is 380 g/mol. The van der Waals surface area contributed by atoms with E-state index in [1.165, 1.54) is 23.9 Å². The predicted molar refractivity (Wildman–Crippen MR) is 99.2 cm³/mol. The molecule has 6 nitrogen and oxygen atoms in total. The van der Waals surface area contributed by atoms with Crippen LogP contribution in [0.4, 0.5) is 5.69 Å². The average molecular weight is 381 g/mol. The van der Waals surface area contributed by atoms with Crippen molar-refractivity contribution in [3.63, 3.8) is 0 Å². The van der Waals surface area contributed by atoms with Crippen LogP contribution in [0.25, 0.3) is 0 Å². The summed E-state index contributed by atoms with van der Waals surface area (Å²) in [6, 6.07) is 13.5. The smallest absolute Gasteiger partial charge is 0.269 e. The van der Waals surface area contributed by atoms with Gasteiger partial charge in [-0.05, 0) is 17.7 Å². The summed E-state index contributed by atoms with van der Waals surface area (Å²) in [6.07, 6.45) is 0. The number of nitro groups is 1. The van der Waals surface area contributed by atoms with Crippen molar-refractivity contribution in [3.05, 3.63) is 69.2 Å². The van der Waals surface area contributed by atoms with E-state index in [1.54, 1.807) is 24.3 Å². The van der Waals surface area contributed by atoms with E-state index in [0.717, 1.165) is 5.56 Å². The van der Waals surface area contributed by atoms with Gasteiger partial charge in [0.25, 0.3) is 5.69 Å². The highest BCUT2D eigenvalue weighted by atomic mass is 35.5. The number of rotatable bonds is 9. The first kappa shape index (κ1) is 19.1. The standard InChI is InChI=1S/C17H17ClN2O4S/c18-15-3-1-2-4-16(15)24-10-9-19-17(21)12-25-11-13-5-7-14(8-6-13)20(22)23/h1-8H,9-12H2,(H,19,21). The van der Waals surface area contributed by atoms with Crippen LogP contribution in [0.3, 0.4) is 0 Å². The van der Waals surface area contributed by atoms with Crippen molar-refractivity contribution in [2.75, 3.05) is 18.9 Å². The van der Waals surface area contributed by atoms with Crippen LogP contribution >= 0.6 is 23.4 Å². The van der Waals surface area contributed by atoms with Crippen LogP contribution in [0, 0.1) is 10.1 Å². The number of amides is 1. The van der Waals surface area contributed by atoms with Crippen LogP contribution < -0.4 is 10.1 Å². The van der Waals surface area contributed by atoms with E-state index < -0.39 is 4.92 Å². The summed E-state index contributed by atoms with van der Waals surface area (Å²) in [4.78, 5) is 21.9. The van der Waals surface area contributed by atoms with Crippen molar-refractivity contribution in [2.45, 2.75) is 5.75 Å². The molecule has 0 spiro atoms. The van der Waals surface area contributed by atoms with E-state index in [0.29, 0.717) is 35.4 Å². The van der Waals surface area contributed by atoms with Crippen LogP contribution in [-0.2, 0) is 10.5 Å². The Balaban J connectivity index is 1.61. The molecule has 0 bridgehead atoms. The fourth-order valence-corrected chi connectivity index (χ4v) is 2.95. The van der Waals surface area contributed by atoms with Gasteiger partial charge in [-0.25, -0.2) is 0 Å². The number of nitro benzene ring substituents is 1. The maximum atomic E-state index is 11.8. The van der Waals surface area contributed by atoms with Crippen LogP contribution in [-0.4, -0.2) is 29.7 Å². The number of thioether (sulfide) groups is 1. The van der Waals surface area contributed by atoms with Gasteiger partial charge in [0.1, 0.15) is 12.4 Å². The number of hydrogen-bond donors (Lipinski definition) is 1. The predicted octanol–water partition coefficient (Wildman–Crippen LogP) is 3.68. The molecule has 2 rings (SSSR count). The molecule has 25 heavy (non-hydrogen) atoms. The summed E-state index contributed by atoms with van der Waals surface area (Å²) < 4.78 is 5.48. The van der Waals surface area contributed by atoms with Crippen molar-refractivity contribution in [1.82, 2.24) is 5.32 Å². The van der Waals surface area contributed by atoms with Crippen molar-refractivity contribution < 1.29 is 14.5 Å². The largest absolute Gasteiger partial charge is 0.490 e. The molecule has 0 aliphatic carbocycles. The SMILES string of the molecule is O=C(CSCc1ccc([N+](=O)[O-])cc1)NCCOc1ccccc1Cl.